The first kappa shape index (κ1) is 20.8. The van der Waals surface area contributed by atoms with E-state index in [1.807, 2.05) is 29.7 Å². The molecular weight excluding hydrogens is 412 g/mol. The van der Waals surface area contributed by atoms with Crippen LogP contribution in [0.2, 0.25) is 5.02 Å². The van der Waals surface area contributed by atoms with Crippen molar-refractivity contribution in [3.05, 3.63) is 64.9 Å². The van der Waals surface area contributed by atoms with E-state index in [9.17, 15) is 4.79 Å². The maximum absolute atomic E-state index is 12.1. The Bertz CT molecular complexity index is 944. The van der Waals surface area contributed by atoms with Gasteiger partial charge in [0.2, 0.25) is 5.91 Å². The number of nitrogens with one attached hydrogen (secondary N) is 1. The minimum Gasteiger partial charge on any atom is -0.355 e. The fourth-order valence-electron chi connectivity index (χ4n) is 2.41. The molecule has 0 bridgehead atoms. The molecule has 0 radical (unpaired) electrons. The smallest absolute Gasteiger partial charge is 0.230 e. The molecule has 1 N–H and O–H groups in total. The van der Waals surface area contributed by atoms with Gasteiger partial charge in [0.15, 0.2) is 5.16 Å². The van der Waals surface area contributed by atoms with Crippen LogP contribution in [0, 0.1) is 13.8 Å². The van der Waals surface area contributed by atoms with Gasteiger partial charge in [0.05, 0.1) is 11.4 Å². The van der Waals surface area contributed by atoms with Crippen LogP contribution in [0.3, 0.4) is 0 Å². The average Bonchev–Trinajstić information content (AvgIpc) is 3.16. The van der Waals surface area contributed by atoms with E-state index in [0.717, 1.165) is 17.0 Å². The zero-order chi connectivity index (χ0) is 19.9. The topological polar surface area (TPSA) is 59.8 Å². The van der Waals surface area contributed by atoms with Crippen molar-refractivity contribution < 1.29 is 4.79 Å². The number of carbonyl (C=O) groups is 1. The highest BCUT2D eigenvalue weighted by Gasteiger charge is 2.11. The number of thioether (sulfide) groups is 2. The Balaban J connectivity index is 1.45. The van der Waals surface area contributed by atoms with Gasteiger partial charge in [-0.1, -0.05) is 47.1 Å². The van der Waals surface area contributed by atoms with Crippen LogP contribution in [-0.2, 0) is 4.79 Å². The van der Waals surface area contributed by atoms with Crippen molar-refractivity contribution in [2.45, 2.75) is 23.9 Å². The van der Waals surface area contributed by atoms with Crippen molar-refractivity contribution in [2.24, 2.45) is 0 Å². The lowest BCUT2D eigenvalue weighted by Crippen LogP contribution is -2.27. The third kappa shape index (κ3) is 5.77. The highest BCUT2D eigenvalue weighted by atomic mass is 35.5. The van der Waals surface area contributed by atoms with E-state index in [1.54, 1.807) is 18.1 Å². The summed E-state index contributed by atoms with van der Waals surface area (Å²) in [5.41, 5.74) is 3.13. The molecule has 2 aromatic carbocycles. The highest BCUT2D eigenvalue weighted by molar-refractivity contribution is 7.99. The molecule has 0 saturated heterocycles. The van der Waals surface area contributed by atoms with Crippen LogP contribution in [0.5, 0.6) is 0 Å². The Morgan fingerprint density at radius 2 is 1.93 bits per heavy atom. The van der Waals surface area contributed by atoms with E-state index in [2.05, 4.69) is 46.7 Å². The Hall–Kier alpha value is -1.96. The van der Waals surface area contributed by atoms with Crippen molar-refractivity contribution in [3.8, 4) is 5.69 Å². The lowest BCUT2D eigenvalue weighted by atomic mass is 10.2. The summed E-state index contributed by atoms with van der Waals surface area (Å²) >= 11 is 9.29. The number of hydrogen-bond donors (Lipinski definition) is 1. The summed E-state index contributed by atoms with van der Waals surface area (Å²) in [6.45, 7) is 4.65. The summed E-state index contributed by atoms with van der Waals surface area (Å²) in [4.78, 5) is 13.3. The molecule has 28 heavy (non-hydrogen) atoms. The molecular formula is C20H21ClN4OS2. The molecule has 0 saturated carbocycles. The summed E-state index contributed by atoms with van der Waals surface area (Å²) in [7, 11) is 0. The summed E-state index contributed by atoms with van der Waals surface area (Å²) in [5.74, 6) is 1.09. The third-order valence-corrected chi connectivity index (χ3v) is 6.36. The number of aromatic nitrogens is 3. The average molecular weight is 433 g/mol. The van der Waals surface area contributed by atoms with E-state index in [0.29, 0.717) is 16.7 Å². The molecule has 0 atom stereocenters. The fourth-order valence-corrected chi connectivity index (χ4v) is 4.11. The van der Waals surface area contributed by atoms with Gasteiger partial charge in [-0.2, -0.15) is 0 Å². The van der Waals surface area contributed by atoms with Gasteiger partial charge in [-0.3, -0.25) is 9.36 Å². The molecule has 0 aliphatic heterocycles. The van der Waals surface area contributed by atoms with Crippen molar-refractivity contribution in [1.82, 2.24) is 20.1 Å². The number of carbonyl (C=O) groups excluding carboxylic acids is 1. The van der Waals surface area contributed by atoms with E-state index < -0.39 is 0 Å². The second-order valence-electron chi connectivity index (χ2n) is 6.22. The second kappa shape index (κ2) is 10.0. The van der Waals surface area contributed by atoms with E-state index in [1.165, 1.54) is 22.2 Å². The Morgan fingerprint density at radius 3 is 2.68 bits per heavy atom. The number of aryl methyl sites for hydroxylation is 2. The summed E-state index contributed by atoms with van der Waals surface area (Å²) in [5, 5.41) is 12.4. The maximum Gasteiger partial charge on any atom is 0.230 e. The van der Waals surface area contributed by atoms with Crippen LogP contribution in [0.15, 0.2) is 58.8 Å². The number of rotatable bonds is 8. The Kier molecular flexibility index (Phi) is 7.42. The van der Waals surface area contributed by atoms with Crippen LogP contribution in [0.4, 0.5) is 0 Å². The van der Waals surface area contributed by atoms with Gasteiger partial charge in [0.1, 0.15) is 6.33 Å². The maximum atomic E-state index is 12.1. The fraction of sp³-hybridized carbons (Fsp3) is 0.250. The van der Waals surface area contributed by atoms with Crippen LogP contribution >= 0.6 is 35.1 Å². The molecule has 0 aliphatic carbocycles. The van der Waals surface area contributed by atoms with Gasteiger partial charge < -0.3 is 5.32 Å². The quantitative estimate of drug-likeness (QED) is 0.418. The first-order chi connectivity index (χ1) is 13.5. The third-order valence-electron chi connectivity index (χ3n) is 4.00. The van der Waals surface area contributed by atoms with Gasteiger partial charge in [0.25, 0.3) is 0 Å². The van der Waals surface area contributed by atoms with Gasteiger partial charge in [0, 0.05) is 22.2 Å². The van der Waals surface area contributed by atoms with Gasteiger partial charge in [-0.25, -0.2) is 0 Å². The second-order valence-corrected chi connectivity index (χ2v) is 8.74. The molecule has 0 fully saturated rings. The molecule has 3 aromatic rings. The lowest BCUT2D eigenvalue weighted by molar-refractivity contribution is -0.118. The lowest BCUT2D eigenvalue weighted by Gasteiger charge is -2.08. The first-order valence-electron chi connectivity index (χ1n) is 8.78. The van der Waals surface area contributed by atoms with E-state index in [-0.39, 0.29) is 11.7 Å². The van der Waals surface area contributed by atoms with Crippen LogP contribution in [0.1, 0.15) is 11.1 Å². The van der Waals surface area contributed by atoms with Crippen LogP contribution in [0.25, 0.3) is 5.69 Å². The number of halogens is 1. The number of nitrogens with zero attached hydrogens (tertiary/aromatic N) is 3. The molecule has 8 heteroatoms. The molecule has 0 aliphatic rings. The minimum atomic E-state index is -0.0222. The predicted octanol–water partition coefficient (Wildman–Crippen LogP) is 4.54. The molecule has 1 aromatic heterocycles. The number of benzene rings is 2. The molecule has 0 spiro atoms. The number of hydrogen-bond acceptors (Lipinski definition) is 5. The first-order valence-corrected chi connectivity index (χ1v) is 11.1. The summed E-state index contributed by atoms with van der Waals surface area (Å²) < 4.78 is 1.83. The van der Waals surface area contributed by atoms with Crippen LogP contribution in [-0.4, -0.2) is 38.7 Å². The molecule has 0 unspecified atom stereocenters. The van der Waals surface area contributed by atoms with Crippen LogP contribution < -0.4 is 5.32 Å². The van der Waals surface area contributed by atoms with Crippen molar-refractivity contribution in [1.29, 1.82) is 0 Å². The predicted molar refractivity (Wildman–Crippen MR) is 117 cm³/mol. The molecule has 1 heterocycles. The number of amides is 1. The monoisotopic (exact) mass is 432 g/mol. The minimum absolute atomic E-state index is 0.0222. The SMILES string of the molecule is Cc1ccc(SCCNC(=O)CSc2nncn2-c2ccc(C)c(Cl)c2)cc1. The Labute approximate surface area is 178 Å². The summed E-state index contributed by atoms with van der Waals surface area (Å²) in [6, 6.07) is 14.2. The molecule has 3 rings (SSSR count). The largest absolute Gasteiger partial charge is 0.355 e. The zero-order valence-electron chi connectivity index (χ0n) is 15.7. The van der Waals surface area contributed by atoms with Gasteiger partial charge in [-0.15, -0.1) is 22.0 Å². The van der Waals surface area contributed by atoms with E-state index >= 15 is 0 Å². The van der Waals surface area contributed by atoms with Gasteiger partial charge in [-0.05, 0) is 43.7 Å². The van der Waals surface area contributed by atoms with Crippen molar-refractivity contribution in [2.75, 3.05) is 18.1 Å². The molecule has 1 amide bonds. The Morgan fingerprint density at radius 1 is 1.14 bits per heavy atom. The molecule has 5 nitrogen and oxygen atoms in total. The van der Waals surface area contributed by atoms with Crippen molar-refractivity contribution >= 4 is 41.0 Å². The summed E-state index contributed by atoms with van der Waals surface area (Å²) in [6.07, 6.45) is 1.62. The molecule has 146 valence electrons. The normalized spacial score (nSPS) is 10.8. The van der Waals surface area contributed by atoms with Gasteiger partial charge >= 0.3 is 0 Å². The highest BCUT2D eigenvalue weighted by Crippen LogP contribution is 2.23. The standard InChI is InChI=1S/C20H21ClN4OS2/c1-14-3-7-17(8-4-14)27-10-9-22-19(26)12-28-20-24-23-13-25(20)16-6-5-15(2)18(21)11-16/h3-8,11,13H,9-10,12H2,1-2H3,(H,22,26). The van der Waals surface area contributed by atoms with Crippen molar-refractivity contribution in [3.63, 3.8) is 0 Å². The van der Waals surface area contributed by atoms with E-state index in [4.69, 9.17) is 11.6 Å². The zero-order valence-corrected chi connectivity index (χ0v) is 18.1.